The minimum Gasteiger partial charge on any atom is -0.304 e. The molecule has 0 N–H and O–H groups in total. The summed E-state index contributed by atoms with van der Waals surface area (Å²) in [6.07, 6.45) is 4.47. The third-order valence-corrected chi connectivity index (χ3v) is 6.87. The lowest BCUT2D eigenvalue weighted by atomic mass is 9.93. The van der Waals surface area contributed by atoms with Crippen LogP contribution in [-0.2, 0) is 0 Å². The maximum Gasteiger partial charge on any atom is 0.0110 e. The fourth-order valence-electron chi connectivity index (χ4n) is 5.41. The molecule has 2 aliphatic carbocycles. The van der Waals surface area contributed by atoms with Crippen molar-refractivity contribution < 1.29 is 0 Å². The van der Waals surface area contributed by atoms with Crippen LogP contribution in [0.4, 0.5) is 0 Å². The topological polar surface area (TPSA) is 9.72 Å². The Balaban J connectivity index is 1.19. The molecule has 3 nitrogen and oxygen atoms in total. The van der Waals surface area contributed by atoms with E-state index in [0.717, 1.165) is 29.1 Å². The molecule has 0 aromatic heterocycles. The average Bonchev–Trinajstić information content (AvgIpc) is 3.29. The molecule has 0 aromatic rings. The van der Waals surface area contributed by atoms with Gasteiger partial charge in [-0.25, -0.2) is 0 Å². The lowest BCUT2D eigenvalue weighted by Crippen LogP contribution is -2.45. The summed E-state index contributed by atoms with van der Waals surface area (Å²) in [5.74, 6) is 4.02. The van der Waals surface area contributed by atoms with Crippen molar-refractivity contribution in [3.05, 3.63) is 0 Å². The Hall–Kier alpha value is -0.120. The van der Waals surface area contributed by atoms with Crippen LogP contribution in [0.2, 0.25) is 0 Å². The summed E-state index contributed by atoms with van der Waals surface area (Å²) in [6.45, 7) is 15.6. The summed E-state index contributed by atoms with van der Waals surface area (Å²) < 4.78 is 0. The molecule has 1 unspecified atom stereocenters. The molecule has 0 aromatic carbocycles. The van der Waals surface area contributed by atoms with Gasteiger partial charge in [-0.3, -0.25) is 0 Å². The smallest absolute Gasteiger partial charge is 0.0110 e. The molecule has 2 aliphatic heterocycles. The molecule has 2 heterocycles. The number of nitrogens with zero attached hydrogens (tertiary/aromatic N) is 3. The van der Waals surface area contributed by atoms with Crippen molar-refractivity contribution in [3.63, 3.8) is 0 Å². The second kappa shape index (κ2) is 5.75. The molecular weight excluding hydrogens is 270 g/mol. The van der Waals surface area contributed by atoms with E-state index in [4.69, 9.17) is 0 Å². The number of hydrogen-bond donors (Lipinski definition) is 0. The SMILES string of the molecule is CC(C)CC1(CN2C[C@@H]3C(CN4CCN(C)CC4)[C@@H]3C2)CC1. The van der Waals surface area contributed by atoms with Crippen LogP contribution < -0.4 is 0 Å². The summed E-state index contributed by atoms with van der Waals surface area (Å²) in [5.41, 5.74) is 0.734. The zero-order valence-corrected chi connectivity index (χ0v) is 14.9. The average molecular weight is 306 g/mol. The van der Waals surface area contributed by atoms with Crippen LogP contribution in [-0.4, -0.2) is 74.1 Å². The number of piperidine rings is 1. The number of hydrogen-bond acceptors (Lipinski definition) is 3. The zero-order chi connectivity index (χ0) is 15.3. The quantitative estimate of drug-likeness (QED) is 0.745. The minimum absolute atomic E-state index is 0.734. The van der Waals surface area contributed by atoms with Gasteiger partial charge in [0.05, 0.1) is 0 Å². The van der Waals surface area contributed by atoms with Crippen molar-refractivity contribution in [2.24, 2.45) is 29.1 Å². The highest BCUT2D eigenvalue weighted by molar-refractivity contribution is 5.08. The molecule has 22 heavy (non-hydrogen) atoms. The van der Waals surface area contributed by atoms with Crippen LogP contribution in [0.15, 0.2) is 0 Å². The highest BCUT2D eigenvalue weighted by atomic mass is 15.3. The van der Waals surface area contributed by atoms with E-state index in [1.165, 1.54) is 71.6 Å². The molecule has 3 heteroatoms. The lowest BCUT2D eigenvalue weighted by molar-refractivity contribution is 0.137. The van der Waals surface area contributed by atoms with E-state index in [-0.39, 0.29) is 0 Å². The predicted molar refractivity (Wildman–Crippen MR) is 92.0 cm³/mol. The molecule has 0 spiro atoms. The third kappa shape index (κ3) is 3.22. The highest BCUT2D eigenvalue weighted by Gasteiger charge is 2.57. The van der Waals surface area contributed by atoms with E-state index in [9.17, 15) is 0 Å². The second-order valence-electron chi connectivity index (χ2n) is 9.39. The first-order chi connectivity index (χ1) is 10.5. The van der Waals surface area contributed by atoms with Crippen molar-refractivity contribution in [1.82, 2.24) is 14.7 Å². The van der Waals surface area contributed by atoms with Crippen LogP contribution >= 0.6 is 0 Å². The molecule has 0 bridgehead atoms. The first-order valence-corrected chi connectivity index (χ1v) is 9.68. The summed E-state index contributed by atoms with van der Waals surface area (Å²) in [4.78, 5) is 8.02. The molecule has 4 rings (SSSR count). The van der Waals surface area contributed by atoms with Gasteiger partial charge in [-0.05, 0) is 55.4 Å². The van der Waals surface area contributed by atoms with Crippen LogP contribution in [0.1, 0.15) is 33.1 Å². The Morgan fingerprint density at radius 3 is 2.14 bits per heavy atom. The van der Waals surface area contributed by atoms with Gasteiger partial charge in [-0.1, -0.05) is 13.8 Å². The van der Waals surface area contributed by atoms with Crippen molar-refractivity contribution in [3.8, 4) is 0 Å². The van der Waals surface area contributed by atoms with E-state index < -0.39 is 0 Å². The first-order valence-electron chi connectivity index (χ1n) is 9.68. The van der Waals surface area contributed by atoms with Gasteiger partial charge in [0.2, 0.25) is 0 Å². The van der Waals surface area contributed by atoms with Crippen molar-refractivity contribution >= 4 is 0 Å². The van der Waals surface area contributed by atoms with E-state index in [0.29, 0.717) is 0 Å². The summed E-state index contributed by atoms with van der Waals surface area (Å²) >= 11 is 0. The molecule has 4 aliphatic rings. The van der Waals surface area contributed by atoms with E-state index >= 15 is 0 Å². The van der Waals surface area contributed by atoms with Gasteiger partial charge in [-0.15, -0.1) is 0 Å². The second-order valence-corrected chi connectivity index (χ2v) is 9.39. The van der Waals surface area contributed by atoms with Gasteiger partial charge in [0.25, 0.3) is 0 Å². The van der Waals surface area contributed by atoms with Crippen molar-refractivity contribution in [2.45, 2.75) is 33.1 Å². The van der Waals surface area contributed by atoms with Crippen LogP contribution in [0.25, 0.3) is 0 Å². The fourth-order valence-corrected chi connectivity index (χ4v) is 5.41. The fraction of sp³-hybridized carbons (Fsp3) is 1.00. The molecule has 4 fully saturated rings. The third-order valence-electron chi connectivity index (χ3n) is 6.87. The zero-order valence-electron chi connectivity index (χ0n) is 14.9. The minimum atomic E-state index is 0.734. The Kier molecular flexibility index (Phi) is 4.03. The standard InChI is InChI=1S/C19H35N3/c1-15(2)10-19(4-5-19)14-22-12-17-16(18(17)13-22)11-21-8-6-20(3)7-9-21/h15-18H,4-14H2,1-3H3/t16?,17-,18+. The van der Waals surface area contributed by atoms with Gasteiger partial charge in [0.1, 0.15) is 0 Å². The van der Waals surface area contributed by atoms with Crippen LogP contribution in [0.3, 0.4) is 0 Å². The van der Waals surface area contributed by atoms with E-state index in [1.54, 1.807) is 0 Å². The number of likely N-dealkylation sites (tertiary alicyclic amines) is 1. The van der Waals surface area contributed by atoms with Crippen molar-refractivity contribution in [1.29, 1.82) is 0 Å². The van der Waals surface area contributed by atoms with Gasteiger partial charge in [0.15, 0.2) is 0 Å². The van der Waals surface area contributed by atoms with Crippen LogP contribution in [0, 0.1) is 29.1 Å². The maximum absolute atomic E-state index is 2.82. The monoisotopic (exact) mass is 305 g/mol. The molecule has 2 saturated carbocycles. The maximum atomic E-state index is 2.82. The van der Waals surface area contributed by atoms with Gasteiger partial charge >= 0.3 is 0 Å². The normalized spacial score (nSPS) is 38.5. The Morgan fingerprint density at radius 2 is 1.59 bits per heavy atom. The van der Waals surface area contributed by atoms with Gasteiger partial charge < -0.3 is 14.7 Å². The molecule has 0 radical (unpaired) electrons. The molecule has 0 amide bonds. The molecular formula is C19H35N3. The van der Waals surface area contributed by atoms with E-state index in [2.05, 4.69) is 35.6 Å². The predicted octanol–water partition coefficient (Wildman–Crippen LogP) is 2.24. The van der Waals surface area contributed by atoms with Gasteiger partial charge in [-0.2, -0.15) is 0 Å². The van der Waals surface area contributed by atoms with E-state index in [1.807, 2.05) is 0 Å². The van der Waals surface area contributed by atoms with Gasteiger partial charge in [0, 0.05) is 52.4 Å². The number of piperazine rings is 1. The molecule has 3 atom stereocenters. The number of rotatable bonds is 6. The number of likely N-dealkylation sites (N-methyl/N-ethyl adjacent to an activating group) is 1. The Labute approximate surface area is 137 Å². The summed E-state index contributed by atoms with van der Waals surface area (Å²) in [5, 5.41) is 0. The highest BCUT2D eigenvalue weighted by Crippen LogP contribution is 2.56. The molecule has 2 saturated heterocycles. The van der Waals surface area contributed by atoms with Crippen LogP contribution in [0.5, 0.6) is 0 Å². The van der Waals surface area contributed by atoms with Crippen molar-refractivity contribution in [2.75, 3.05) is 59.4 Å². The summed E-state index contributed by atoms with van der Waals surface area (Å²) in [6, 6.07) is 0. The molecule has 126 valence electrons. The Morgan fingerprint density at radius 1 is 0.955 bits per heavy atom. The Bertz CT molecular complexity index is 383. The number of fused-ring (bicyclic) bond motifs is 1. The lowest BCUT2D eigenvalue weighted by Gasteiger charge is -2.33. The largest absolute Gasteiger partial charge is 0.304 e. The first kappa shape index (κ1) is 15.4. The summed E-state index contributed by atoms with van der Waals surface area (Å²) in [7, 11) is 2.26.